The molecule has 6 nitrogen and oxygen atoms in total. The van der Waals surface area contributed by atoms with E-state index >= 15 is 0 Å². The zero-order valence-corrected chi connectivity index (χ0v) is 18.4. The van der Waals surface area contributed by atoms with Crippen molar-refractivity contribution in [3.05, 3.63) is 66.1 Å². The Morgan fingerprint density at radius 3 is 2.71 bits per heavy atom. The lowest BCUT2D eigenvalue weighted by Crippen LogP contribution is -2.32. The Kier molecular flexibility index (Phi) is 6.37. The van der Waals surface area contributed by atoms with Gasteiger partial charge in [-0.05, 0) is 36.1 Å². The standard InChI is InChI=1S/C25H30N4O2/c1-17(2)24(25-26-20-9-5-6-10-21(20)27-25)28-23(30)13-12-18-16-29(14-15-31-3)22-11-7-4-8-19(18)22/h4-11,16-17,24H,12-15H2,1-3H3,(H,26,27)(H,28,30). The second-order valence-corrected chi connectivity index (χ2v) is 8.29. The van der Waals surface area contributed by atoms with Gasteiger partial charge in [0, 0.05) is 37.2 Å². The van der Waals surface area contributed by atoms with Gasteiger partial charge >= 0.3 is 0 Å². The highest BCUT2D eigenvalue weighted by Gasteiger charge is 2.22. The summed E-state index contributed by atoms with van der Waals surface area (Å²) in [4.78, 5) is 20.9. The molecule has 1 amide bonds. The lowest BCUT2D eigenvalue weighted by atomic mass is 10.0. The summed E-state index contributed by atoms with van der Waals surface area (Å²) in [6.45, 7) is 5.65. The second kappa shape index (κ2) is 9.35. The van der Waals surface area contributed by atoms with Crippen molar-refractivity contribution in [1.82, 2.24) is 19.9 Å². The average Bonchev–Trinajstić information content (AvgIpc) is 3.36. The molecule has 2 heterocycles. The number of fused-ring (bicyclic) bond motifs is 2. The topological polar surface area (TPSA) is 71.9 Å². The van der Waals surface area contributed by atoms with E-state index in [1.54, 1.807) is 7.11 Å². The number of amides is 1. The van der Waals surface area contributed by atoms with Gasteiger partial charge in [-0.15, -0.1) is 0 Å². The number of nitrogens with zero attached hydrogens (tertiary/aromatic N) is 2. The van der Waals surface area contributed by atoms with Crippen molar-refractivity contribution < 1.29 is 9.53 Å². The summed E-state index contributed by atoms with van der Waals surface area (Å²) in [5.74, 6) is 1.06. The lowest BCUT2D eigenvalue weighted by Gasteiger charge is -2.20. The first-order valence-electron chi connectivity index (χ1n) is 10.9. The molecule has 31 heavy (non-hydrogen) atoms. The maximum Gasteiger partial charge on any atom is 0.220 e. The molecule has 2 N–H and O–H groups in total. The molecule has 2 aromatic heterocycles. The Morgan fingerprint density at radius 2 is 1.94 bits per heavy atom. The maximum atomic E-state index is 12.9. The molecule has 6 heteroatoms. The number of H-pyrrole nitrogens is 1. The van der Waals surface area contributed by atoms with E-state index in [4.69, 9.17) is 9.72 Å². The van der Waals surface area contributed by atoms with Crippen molar-refractivity contribution in [2.24, 2.45) is 5.92 Å². The summed E-state index contributed by atoms with van der Waals surface area (Å²) in [7, 11) is 1.71. The number of imidazole rings is 1. The molecule has 1 unspecified atom stereocenters. The molecular weight excluding hydrogens is 388 g/mol. The molecule has 0 fully saturated rings. The summed E-state index contributed by atoms with van der Waals surface area (Å²) in [6, 6.07) is 16.1. The summed E-state index contributed by atoms with van der Waals surface area (Å²) in [6.07, 6.45) is 3.27. The van der Waals surface area contributed by atoms with E-state index in [0.717, 1.165) is 23.4 Å². The van der Waals surface area contributed by atoms with Gasteiger partial charge < -0.3 is 19.6 Å². The molecule has 0 aliphatic carbocycles. The number of para-hydroxylation sites is 3. The highest BCUT2D eigenvalue weighted by Crippen LogP contribution is 2.24. The molecule has 1 atom stereocenters. The van der Waals surface area contributed by atoms with Crippen molar-refractivity contribution in [3.63, 3.8) is 0 Å². The van der Waals surface area contributed by atoms with Gasteiger partial charge in [-0.25, -0.2) is 4.98 Å². The fraction of sp³-hybridized carbons (Fsp3) is 0.360. The number of nitrogens with one attached hydrogen (secondary N) is 2. The van der Waals surface area contributed by atoms with Crippen molar-refractivity contribution in [1.29, 1.82) is 0 Å². The summed E-state index contributed by atoms with van der Waals surface area (Å²) < 4.78 is 7.44. The second-order valence-electron chi connectivity index (χ2n) is 8.29. The molecule has 162 valence electrons. The monoisotopic (exact) mass is 418 g/mol. The van der Waals surface area contributed by atoms with Gasteiger partial charge in [0.25, 0.3) is 0 Å². The number of methoxy groups -OCH3 is 1. The van der Waals surface area contributed by atoms with Crippen LogP contribution in [0.4, 0.5) is 0 Å². The van der Waals surface area contributed by atoms with E-state index < -0.39 is 0 Å². The molecule has 0 aliphatic rings. The highest BCUT2D eigenvalue weighted by molar-refractivity contribution is 5.85. The molecule has 0 spiro atoms. The SMILES string of the molecule is COCCn1cc(CCC(=O)NC(c2nc3ccccc3[nH]2)C(C)C)c2ccccc21. The number of aromatic nitrogens is 3. The van der Waals surface area contributed by atoms with E-state index in [0.29, 0.717) is 19.4 Å². The minimum atomic E-state index is -0.150. The van der Waals surface area contributed by atoms with Crippen LogP contribution in [0.3, 0.4) is 0 Å². The van der Waals surface area contributed by atoms with Crippen LogP contribution in [0.2, 0.25) is 0 Å². The van der Waals surface area contributed by atoms with Gasteiger partial charge in [0.1, 0.15) is 5.82 Å². The predicted molar refractivity (Wildman–Crippen MR) is 124 cm³/mol. The molecule has 0 radical (unpaired) electrons. The van der Waals surface area contributed by atoms with Crippen LogP contribution in [0.25, 0.3) is 21.9 Å². The smallest absolute Gasteiger partial charge is 0.220 e. The number of benzene rings is 2. The third-order valence-corrected chi connectivity index (χ3v) is 5.71. The first kappa shape index (κ1) is 21.1. The minimum Gasteiger partial charge on any atom is -0.383 e. The number of carbonyl (C=O) groups excluding carboxylic acids is 1. The summed E-state index contributed by atoms with van der Waals surface area (Å²) in [5.41, 5.74) is 4.27. The molecule has 0 aliphatic heterocycles. The molecule has 0 bridgehead atoms. The molecule has 4 aromatic rings. The molecule has 2 aromatic carbocycles. The Bertz CT molecular complexity index is 1140. The van der Waals surface area contributed by atoms with Crippen LogP contribution in [0, 0.1) is 5.92 Å². The normalized spacial score (nSPS) is 12.6. The van der Waals surface area contributed by atoms with Crippen LogP contribution < -0.4 is 5.32 Å². The van der Waals surface area contributed by atoms with Crippen molar-refractivity contribution in [3.8, 4) is 0 Å². The van der Waals surface area contributed by atoms with Crippen LogP contribution >= 0.6 is 0 Å². The average molecular weight is 419 g/mol. The minimum absolute atomic E-state index is 0.0351. The number of aryl methyl sites for hydroxylation is 1. The van der Waals surface area contributed by atoms with Crippen molar-refractivity contribution >= 4 is 27.8 Å². The zero-order chi connectivity index (χ0) is 21.8. The molecule has 4 rings (SSSR count). The van der Waals surface area contributed by atoms with E-state index in [9.17, 15) is 4.79 Å². The maximum absolute atomic E-state index is 12.9. The number of hydrogen-bond acceptors (Lipinski definition) is 3. The molecule has 0 saturated heterocycles. The molecule has 0 saturated carbocycles. The molecular formula is C25H30N4O2. The highest BCUT2D eigenvalue weighted by atomic mass is 16.5. The lowest BCUT2D eigenvalue weighted by molar-refractivity contribution is -0.122. The number of rotatable bonds is 9. The fourth-order valence-corrected chi connectivity index (χ4v) is 4.06. The number of aromatic amines is 1. The van der Waals surface area contributed by atoms with Gasteiger partial charge in [-0.1, -0.05) is 44.2 Å². The van der Waals surface area contributed by atoms with Gasteiger partial charge in [0.05, 0.1) is 23.7 Å². The van der Waals surface area contributed by atoms with Gasteiger partial charge in [0.2, 0.25) is 5.91 Å². The van der Waals surface area contributed by atoms with E-state index in [1.165, 1.54) is 16.5 Å². The van der Waals surface area contributed by atoms with Crippen LogP contribution in [0.15, 0.2) is 54.7 Å². The van der Waals surface area contributed by atoms with E-state index in [1.807, 2.05) is 36.4 Å². The number of carbonyl (C=O) groups is 1. The van der Waals surface area contributed by atoms with Crippen LogP contribution in [-0.4, -0.2) is 34.2 Å². The van der Waals surface area contributed by atoms with Gasteiger partial charge in [-0.2, -0.15) is 0 Å². The van der Waals surface area contributed by atoms with Gasteiger partial charge in [0.15, 0.2) is 0 Å². The predicted octanol–water partition coefficient (Wildman–Crippen LogP) is 4.61. The van der Waals surface area contributed by atoms with Crippen molar-refractivity contribution in [2.45, 2.75) is 39.3 Å². The Hall–Kier alpha value is -3.12. The van der Waals surface area contributed by atoms with Crippen LogP contribution in [-0.2, 0) is 22.5 Å². The fourth-order valence-electron chi connectivity index (χ4n) is 4.06. The Morgan fingerprint density at radius 1 is 1.16 bits per heavy atom. The first-order valence-corrected chi connectivity index (χ1v) is 10.9. The van der Waals surface area contributed by atoms with E-state index in [-0.39, 0.29) is 17.9 Å². The first-order chi connectivity index (χ1) is 15.1. The third kappa shape index (κ3) is 4.64. The van der Waals surface area contributed by atoms with Crippen LogP contribution in [0.5, 0.6) is 0 Å². The Balaban J connectivity index is 1.46. The quantitative estimate of drug-likeness (QED) is 0.417. The number of ether oxygens (including phenoxy) is 1. The van der Waals surface area contributed by atoms with Gasteiger partial charge in [-0.3, -0.25) is 4.79 Å². The number of hydrogen-bond donors (Lipinski definition) is 2. The summed E-state index contributed by atoms with van der Waals surface area (Å²) >= 11 is 0. The van der Waals surface area contributed by atoms with E-state index in [2.05, 4.69) is 47.0 Å². The third-order valence-electron chi connectivity index (χ3n) is 5.71. The van der Waals surface area contributed by atoms with Crippen LogP contribution in [0.1, 0.15) is 37.7 Å². The zero-order valence-electron chi connectivity index (χ0n) is 18.4. The van der Waals surface area contributed by atoms with Crippen molar-refractivity contribution in [2.75, 3.05) is 13.7 Å². The largest absolute Gasteiger partial charge is 0.383 e. The Labute approximate surface area is 182 Å². The summed E-state index contributed by atoms with van der Waals surface area (Å²) in [5, 5.41) is 4.39.